The van der Waals surface area contributed by atoms with Gasteiger partial charge in [0.2, 0.25) is 0 Å². The van der Waals surface area contributed by atoms with Crippen molar-refractivity contribution in [2.45, 2.75) is 26.3 Å². The van der Waals surface area contributed by atoms with Crippen LogP contribution in [0, 0.1) is 24.0 Å². The maximum Gasteiger partial charge on any atom is 0.354 e. The number of aromatic amines is 1. The molecule has 0 saturated carbocycles. The Hall–Kier alpha value is -3.99. The molecular formula is C24H29N4O7+. The average molecular weight is 486 g/mol. The van der Waals surface area contributed by atoms with Crippen LogP contribution in [0.25, 0.3) is 5.76 Å². The Balaban J connectivity index is 2.22. The summed E-state index contributed by atoms with van der Waals surface area (Å²) in [4.78, 5) is 54.6. The van der Waals surface area contributed by atoms with Crippen LogP contribution >= 0.6 is 0 Å². The zero-order valence-corrected chi connectivity index (χ0v) is 20.3. The molecule has 1 saturated heterocycles. The number of aliphatic hydroxyl groups excluding tert-OH is 1. The third-order valence-corrected chi connectivity index (χ3v) is 6.08. The second-order valence-corrected chi connectivity index (χ2v) is 8.77. The summed E-state index contributed by atoms with van der Waals surface area (Å²) in [5, 5.41) is 22.7. The van der Waals surface area contributed by atoms with Crippen LogP contribution in [-0.2, 0) is 14.3 Å². The van der Waals surface area contributed by atoms with Crippen LogP contribution < -0.4 is 4.90 Å². The van der Waals surface area contributed by atoms with Crippen LogP contribution in [0.1, 0.15) is 45.3 Å². The molecule has 1 atom stereocenters. The van der Waals surface area contributed by atoms with Gasteiger partial charge in [0.1, 0.15) is 11.5 Å². The lowest BCUT2D eigenvalue weighted by Gasteiger charge is -2.25. The van der Waals surface area contributed by atoms with Gasteiger partial charge < -0.3 is 24.6 Å². The highest BCUT2D eigenvalue weighted by molar-refractivity contribution is 6.46. The number of hydrogen-bond donors (Lipinski definition) is 3. The van der Waals surface area contributed by atoms with E-state index in [2.05, 4.69) is 4.98 Å². The zero-order valence-electron chi connectivity index (χ0n) is 20.3. The summed E-state index contributed by atoms with van der Waals surface area (Å²) >= 11 is 0. The summed E-state index contributed by atoms with van der Waals surface area (Å²) in [5.74, 6) is -2.79. The van der Waals surface area contributed by atoms with Gasteiger partial charge in [-0.05, 0) is 25.0 Å². The molecule has 1 aromatic heterocycles. The molecule has 11 nitrogen and oxygen atoms in total. The molecule has 0 spiro atoms. The standard InChI is InChI=1S/C24H28N4O7/c1-13-17(14(2)25-19(13)24(32)35-5)21(29)18-20(15-8-6-9-16(12-15)28(33)34)27(23(31)22(18)30)11-7-10-26(3)4/h6,8-9,12,20,25,29H,7,10-11H2,1-5H3/p+1/t20-/m1/s1. The molecule has 0 radical (unpaired) electrons. The van der Waals surface area contributed by atoms with Crippen molar-refractivity contribution >= 4 is 29.1 Å². The molecule has 35 heavy (non-hydrogen) atoms. The first-order valence-corrected chi connectivity index (χ1v) is 11.1. The molecule has 1 fully saturated rings. The Morgan fingerprint density at radius 3 is 2.57 bits per heavy atom. The largest absolute Gasteiger partial charge is 0.507 e. The number of amides is 1. The number of Topliss-reactive ketones (excluding diaryl/α,β-unsaturated/α-hetero) is 1. The van der Waals surface area contributed by atoms with Gasteiger partial charge >= 0.3 is 5.97 Å². The van der Waals surface area contributed by atoms with Gasteiger partial charge in [0.05, 0.1) is 44.3 Å². The van der Waals surface area contributed by atoms with Gasteiger partial charge in [-0.25, -0.2) is 4.79 Å². The average Bonchev–Trinajstić information content (AvgIpc) is 3.25. The maximum absolute atomic E-state index is 13.2. The van der Waals surface area contributed by atoms with Crippen LogP contribution in [-0.4, -0.2) is 71.9 Å². The number of ether oxygens (including phenoxy) is 1. The van der Waals surface area contributed by atoms with Crippen LogP contribution in [0.2, 0.25) is 0 Å². The molecule has 3 rings (SSSR count). The van der Waals surface area contributed by atoms with E-state index >= 15 is 0 Å². The van der Waals surface area contributed by atoms with E-state index in [0.717, 1.165) is 11.4 Å². The van der Waals surface area contributed by atoms with Gasteiger partial charge in [0.25, 0.3) is 17.4 Å². The molecule has 0 aliphatic carbocycles. The molecule has 0 unspecified atom stereocenters. The smallest absolute Gasteiger partial charge is 0.354 e. The minimum atomic E-state index is -1.03. The SMILES string of the molecule is COC(=O)c1[nH]c(C)c(C(O)=C2C(=O)C(=O)N(CCC[NH+](C)C)[C@@H]2c2cccc([N+](=O)[O-])c2)c1C. The van der Waals surface area contributed by atoms with E-state index < -0.39 is 34.4 Å². The van der Waals surface area contributed by atoms with Crippen LogP contribution in [0.4, 0.5) is 5.69 Å². The molecule has 1 aliphatic rings. The highest BCUT2D eigenvalue weighted by Gasteiger charge is 2.46. The summed E-state index contributed by atoms with van der Waals surface area (Å²) in [5.41, 5.74) is 1.02. The number of esters is 1. The maximum atomic E-state index is 13.2. The molecule has 11 heteroatoms. The molecule has 1 aliphatic heterocycles. The van der Waals surface area contributed by atoms with E-state index in [0.29, 0.717) is 23.2 Å². The van der Waals surface area contributed by atoms with Crippen molar-refractivity contribution < 1.29 is 34.1 Å². The van der Waals surface area contributed by atoms with Crippen molar-refractivity contribution in [3.63, 3.8) is 0 Å². The Bertz CT molecular complexity index is 1230. The number of H-pyrrole nitrogens is 1. The lowest BCUT2D eigenvalue weighted by Crippen LogP contribution is -3.05. The van der Waals surface area contributed by atoms with Crippen molar-refractivity contribution in [1.29, 1.82) is 0 Å². The first kappa shape index (κ1) is 25.6. The predicted octanol–water partition coefficient (Wildman–Crippen LogP) is 1.28. The fourth-order valence-electron chi connectivity index (χ4n) is 4.41. The Morgan fingerprint density at radius 2 is 1.97 bits per heavy atom. The van der Waals surface area contributed by atoms with E-state index in [1.54, 1.807) is 19.9 Å². The Morgan fingerprint density at radius 1 is 1.29 bits per heavy atom. The number of ketones is 1. The number of aliphatic hydroxyl groups is 1. The number of likely N-dealkylation sites (tertiary alicyclic amines) is 1. The number of methoxy groups -OCH3 is 1. The van der Waals surface area contributed by atoms with Crippen molar-refractivity contribution in [2.24, 2.45) is 0 Å². The summed E-state index contributed by atoms with van der Waals surface area (Å²) in [6.45, 7) is 4.15. The first-order valence-electron chi connectivity index (χ1n) is 11.1. The van der Waals surface area contributed by atoms with Crippen LogP contribution in [0.3, 0.4) is 0 Å². The number of aromatic nitrogens is 1. The first-order chi connectivity index (χ1) is 16.5. The van der Waals surface area contributed by atoms with Crippen molar-refractivity contribution in [2.75, 3.05) is 34.3 Å². The minimum absolute atomic E-state index is 0.113. The molecule has 2 heterocycles. The van der Waals surface area contributed by atoms with Gasteiger partial charge in [-0.2, -0.15) is 0 Å². The van der Waals surface area contributed by atoms with Gasteiger partial charge in [-0.3, -0.25) is 19.7 Å². The number of hydrogen-bond acceptors (Lipinski definition) is 7. The number of carbonyl (C=O) groups excluding carboxylic acids is 3. The van der Waals surface area contributed by atoms with Crippen LogP contribution in [0.5, 0.6) is 0 Å². The lowest BCUT2D eigenvalue weighted by atomic mass is 9.93. The number of carbonyl (C=O) groups is 3. The van der Waals surface area contributed by atoms with E-state index in [9.17, 15) is 29.6 Å². The molecule has 1 amide bonds. The number of benzene rings is 1. The summed E-state index contributed by atoms with van der Waals surface area (Å²) in [6, 6.07) is 4.64. The second kappa shape index (κ2) is 10.1. The number of nitro benzene ring substituents is 1. The third kappa shape index (κ3) is 4.80. The van der Waals surface area contributed by atoms with E-state index in [-0.39, 0.29) is 29.1 Å². The van der Waals surface area contributed by atoms with Gasteiger partial charge in [-0.15, -0.1) is 0 Å². The summed E-state index contributed by atoms with van der Waals surface area (Å²) in [7, 11) is 5.14. The van der Waals surface area contributed by atoms with Crippen molar-refractivity contribution in [1.82, 2.24) is 9.88 Å². The highest BCUT2D eigenvalue weighted by atomic mass is 16.6. The van der Waals surface area contributed by atoms with E-state index in [4.69, 9.17) is 4.74 Å². The molecule has 0 bridgehead atoms. The summed E-state index contributed by atoms with van der Waals surface area (Å²) < 4.78 is 4.77. The highest BCUT2D eigenvalue weighted by Crippen LogP contribution is 2.41. The Labute approximate surface area is 202 Å². The number of nitrogens with one attached hydrogen (secondary N) is 2. The fourth-order valence-corrected chi connectivity index (χ4v) is 4.41. The number of aryl methyl sites for hydroxylation is 1. The fraction of sp³-hybridized carbons (Fsp3) is 0.375. The van der Waals surface area contributed by atoms with E-state index in [1.165, 1.54) is 30.2 Å². The number of quaternary nitrogens is 1. The molecule has 1 aromatic carbocycles. The van der Waals surface area contributed by atoms with Crippen molar-refractivity contribution in [3.05, 3.63) is 68.0 Å². The molecule has 2 aromatic rings. The lowest BCUT2D eigenvalue weighted by molar-refractivity contribution is -0.858. The van der Waals surface area contributed by atoms with Gasteiger partial charge in [-0.1, -0.05) is 12.1 Å². The summed E-state index contributed by atoms with van der Waals surface area (Å²) in [6.07, 6.45) is 0.579. The van der Waals surface area contributed by atoms with Gasteiger partial charge in [0, 0.05) is 36.4 Å². The topological polar surface area (TPSA) is 147 Å². The second-order valence-electron chi connectivity index (χ2n) is 8.77. The van der Waals surface area contributed by atoms with Gasteiger partial charge in [0.15, 0.2) is 0 Å². The third-order valence-electron chi connectivity index (χ3n) is 6.08. The van der Waals surface area contributed by atoms with Crippen molar-refractivity contribution in [3.8, 4) is 0 Å². The number of nitro groups is 1. The van der Waals surface area contributed by atoms with E-state index in [1.807, 2.05) is 14.1 Å². The molecule has 186 valence electrons. The molecular weight excluding hydrogens is 456 g/mol. The number of rotatable bonds is 8. The minimum Gasteiger partial charge on any atom is -0.507 e. The number of non-ortho nitro benzene ring substituents is 1. The van der Waals surface area contributed by atoms with Crippen LogP contribution in [0.15, 0.2) is 29.8 Å². The Kier molecular flexibility index (Phi) is 7.39. The monoisotopic (exact) mass is 485 g/mol. The molecule has 3 N–H and O–H groups in total. The predicted molar refractivity (Wildman–Crippen MR) is 126 cm³/mol. The quantitative estimate of drug-likeness (QED) is 0.127. The zero-order chi connectivity index (χ0) is 26.0. The normalized spacial score (nSPS) is 17.3. The number of nitrogens with zero attached hydrogens (tertiary/aromatic N) is 2.